The number of aliphatic hydroxyl groups is 1. The summed E-state index contributed by atoms with van der Waals surface area (Å²) in [5, 5.41) is 18.3. The van der Waals surface area contributed by atoms with E-state index in [-0.39, 0.29) is 60.9 Å². The molecule has 1 aliphatic heterocycles. The predicted molar refractivity (Wildman–Crippen MR) is 271 cm³/mol. The third-order valence-corrected chi connectivity index (χ3v) is 14.7. The lowest BCUT2D eigenvalue weighted by atomic mass is 9.72. The van der Waals surface area contributed by atoms with Crippen molar-refractivity contribution in [1.29, 1.82) is 0 Å². The number of halogens is 2. The Labute approximate surface area is 428 Å². The van der Waals surface area contributed by atoms with Gasteiger partial charge in [0.25, 0.3) is 12.4 Å². The van der Waals surface area contributed by atoms with Gasteiger partial charge in [0.2, 0.25) is 18.4 Å². The number of ether oxygens (including phenoxy) is 8. The van der Waals surface area contributed by atoms with Crippen LogP contribution in [0.5, 0.6) is 34.5 Å². The van der Waals surface area contributed by atoms with Gasteiger partial charge < -0.3 is 48.3 Å². The van der Waals surface area contributed by atoms with Crippen LogP contribution in [-0.4, -0.2) is 85.9 Å². The van der Waals surface area contributed by atoms with Crippen LogP contribution in [0.4, 0.5) is 0 Å². The first-order valence-corrected chi connectivity index (χ1v) is 24.3. The molecule has 0 radical (unpaired) electrons. The van der Waals surface area contributed by atoms with Crippen molar-refractivity contribution in [2.24, 2.45) is 5.92 Å². The normalized spacial score (nSPS) is 17.2. The van der Waals surface area contributed by atoms with Gasteiger partial charge in [-0.2, -0.15) is 0 Å². The first kappa shape index (κ1) is 50.8. The molecule has 0 spiro atoms. The van der Waals surface area contributed by atoms with Crippen LogP contribution in [0.3, 0.4) is 0 Å². The van der Waals surface area contributed by atoms with Gasteiger partial charge in [-0.05, 0) is 108 Å². The van der Waals surface area contributed by atoms with E-state index in [1.54, 1.807) is 62.3 Å². The van der Waals surface area contributed by atoms with Crippen LogP contribution in [0.25, 0.3) is 10.9 Å². The molecule has 16 nitrogen and oxygen atoms in total. The lowest BCUT2D eigenvalue weighted by Crippen LogP contribution is -2.39. The summed E-state index contributed by atoms with van der Waals surface area (Å²) in [5.74, 6) is 1.16. The highest BCUT2D eigenvalue weighted by atomic mass is 127. The van der Waals surface area contributed by atoms with Crippen molar-refractivity contribution in [3.8, 4) is 34.5 Å². The number of rotatable bonds is 20. The Balaban J connectivity index is 0.880. The zero-order chi connectivity index (χ0) is 50.3. The van der Waals surface area contributed by atoms with Crippen LogP contribution in [0.15, 0.2) is 91.0 Å². The highest BCUT2D eigenvalue weighted by Crippen LogP contribution is 2.54. The number of benzene rings is 5. The molecule has 1 amide bonds. The monoisotopic (exact) mass is 1100 g/mol. The molecule has 6 aromatic rings. The molecule has 2 heterocycles. The fourth-order valence-electron chi connectivity index (χ4n) is 9.22. The summed E-state index contributed by atoms with van der Waals surface area (Å²) >= 11 is 8.39. The van der Waals surface area contributed by atoms with E-state index in [1.165, 1.54) is 7.11 Å². The number of fused-ring (bicyclic) bond motifs is 3. The molecule has 3 N–H and O–H groups in total. The van der Waals surface area contributed by atoms with Gasteiger partial charge in [0, 0.05) is 62.5 Å². The second-order valence-electron chi connectivity index (χ2n) is 17.0. The number of nitrogens with zero attached hydrogens (tertiary/aromatic N) is 1. The quantitative estimate of drug-likeness (QED) is 0.0218. The molecule has 372 valence electrons. The number of alkyl halides is 1. The lowest BCUT2D eigenvalue weighted by Gasteiger charge is -2.41. The van der Waals surface area contributed by atoms with E-state index in [1.807, 2.05) is 61.5 Å². The average Bonchev–Trinajstić information content (AvgIpc) is 3.96. The van der Waals surface area contributed by atoms with Crippen LogP contribution in [0.2, 0.25) is 5.02 Å². The van der Waals surface area contributed by atoms with E-state index in [4.69, 9.17) is 49.5 Å². The molecule has 71 heavy (non-hydrogen) atoms. The van der Waals surface area contributed by atoms with E-state index >= 15 is 0 Å². The minimum Gasteiger partial charge on any atom is -0.497 e. The molecule has 1 aromatic heterocycles. The number of carbonyl (C=O) groups excluding carboxylic acids is 4. The van der Waals surface area contributed by atoms with E-state index in [0.717, 1.165) is 27.6 Å². The molecule has 0 saturated heterocycles. The van der Waals surface area contributed by atoms with Gasteiger partial charge in [0.1, 0.15) is 18.1 Å². The predicted octanol–water partition coefficient (Wildman–Crippen LogP) is 8.12. The van der Waals surface area contributed by atoms with Crippen LogP contribution in [-0.2, 0) is 43.4 Å². The first-order valence-electron chi connectivity index (χ1n) is 22.7. The summed E-state index contributed by atoms with van der Waals surface area (Å²) in [4.78, 5) is 52.4. The van der Waals surface area contributed by atoms with Crippen LogP contribution >= 0.6 is 34.2 Å². The molecule has 18 heteroatoms. The van der Waals surface area contributed by atoms with Crippen molar-refractivity contribution in [3.63, 3.8) is 0 Å². The minimum absolute atomic E-state index is 0.0280. The van der Waals surface area contributed by atoms with E-state index < -0.39 is 24.2 Å². The number of aromatic nitrogens is 1. The number of amides is 1. The van der Waals surface area contributed by atoms with Crippen LogP contribution in [0.1, 0.15) is 74.3 Å². The number of hydrogen-bond acceptors (Lipinski definition) is 14. The maximum absolute atomic E-state index is 13.7. The maximum atomic E-state index is 13.7. The second-order valence-corrected chi connectivity index (χ2v) is 18.9. The Hall–Kier alpha value is -6.54. The highest BCUT2D eigenvalue weighted by molar-refractivity contribution is 14.1. The number of hydrogen-bond donors (Lipinski definition) is 3. The van der Waals surface area contributed by atoms with E-state index in [9.17, 15) is 24.3 Å². The van der Waals surface area contributed by atoms with Gasteiger partial charge in [-0.15, -0.1) is 0 Å². The van der Waals surface area contributed by atoms with Crippen molar-refractivity contribution in [1.82, 2.24) is 15.2 Å². The average molecular weight is 1100 g/mol. The Kier molecular flexibility index (Phi) is 16.2. The van der Waals surface area contributed by atoms with Gasteiger partial charge in [-0.25, -0.2) is 0 Å². The summed E-state index contributed by atoms with van der Waals surface area (Å²) in [5.41, 5.74) is 6.53. The number of nitrogens with one attached hydrogen (secondary N) is 2. The molecule has 1 aliphatic carbocycles. The van der Waals surface area contributed by atoms with Crippen molar-refractivity contribution < 1.29 is 62.2 Å². The Morgan fingerprint density at radius 2 is 1.52 bits per heavy atom. The Bertz CT molecular complexity index is 2900. The van der Waals surface area contributed by atoms with Crippen LogP contribution < -0.4 is 39.1 Å². The van der Waals surface area contributed by atoms with E-state index in [2.05, 4.69) is 33.2 Å². The van der Waals surface area contributed by atoms with Gasteiger partial charge >= 0.3 is 5.97 Å². The van der Waals surface area contributed by atoms with Crippen LogP contribution in [0, 0.1) is 12.8 Å². The van der Waals surface area contributed by atoms with Crippen molar-refractivity contribution in [3.05, 3.63) is 141 Å². The van der Waals surface area contributed by atoms with Gasteiger partial charge in [-0.1, -0.05) is 58.5 Å². The third kappa shape index (κ3) is 11.0. The summed E-state index contributed by atoms with van der Waals surface area (Å²) in [6.07, 6.45) is -1.90. The molecule has 5 aromatic carbocycles. The van der Waals surface area contributed by atoms with Crippen molar-refractivity contribution in [2.75, 3.05) is 41.8 Å². The van der Waals surface area contributed by atoms with Gasteiger partial charge in [0.15, 0.2) is 23.0 Å². The van der Waals surface area contributed by atoms with Gasteiger partial charge in [-0.3, -0.25) is 29.1 Å². The van der Waals surface area contributed by atoms with Crippen molar-refractivity contribution >= 4 is 69.4 Å². The molecule has 0 fully saturated rings. The molecule has 8 rings (SSSR count). The Morgan fingerprint density at radius 3 is 2.15 bits per heavy atom. The summed E-state index contributed by atoms with van der Waals surface area (Å²) in [6, 6.07) is 27.1. The molecule has 3 unspecified atom stereocenters. The third-order valence-electron chi connectivity index (χ3n) is 12.8. The Morgan fingerprint density at radius 1 is 0.859 bits per heavy atom. The summed E-state index contributed by atoms with van der Waals surface area (Å²) in [6.45, 7) is 2.75. The second kappa shape index (κ2) is 22.7. The molecule has 0 saturated carbocycles. The lowest BCUT2D eigenvalue weighted by molar-refractivity contribution is -0.155. The fourth-order valence-corrected chi connectivity index (χ4v) is 10.7. The standard InChI is InChI=1S/C53H53ClIN3O13/c1-29-36(37-20-35(64-2)14-15-41(37)58(29)53(63)32-10-12-34(54)13-11-32)23-47(61)57-25-31-8-6-30(7-9-31)24-56-46(60)16-17-48(62)71-51-39-22-43-42(69-28-70-43)21-38(39)49(50(55)40(51)26-68-27-59)33-18-44(65-3)52(67-5)45(19-33)66-4/h6-15,18-22,27,40,46,49-51,56,60H,16-17,23-26,28H2,1-5H3,(H,57,61)/t40?,46?,49-,50?,51+/m0/s1. The number of aliphatic hydroxyl groups excluding tert-OH is 1. The first-order chi connectivity index (χ1) is 34.3. The van der Waals surface area contributed by atoms with E-state index in [0.29, 0.717) is 80.4 Å². The maximum Gasteiger partial charge on any atom is 0.306 e. The molecule has 0 bridgehead atoms. The SMILES string of the molecule is COc1ccc2c(c1)c(CC(=O)NCc1ccc(CNC(O)CCC(=O)O[C@@H]3c4cc5c(cc4[C@H](c4cc(OC)c(OC)c(OC)c4)C(I)C3COC=O)OCO5)cc1)c(C)n2C(=O)c1ccc(Cl)cc1. The number of carbonyl (C=O) groups is 4. The largest absolute Gasteiger partial charge is 0.497 e. The highest BCUT2D eigenvalue weighted by Gasteiger charge is 2.46. The van der Waals surface area contributed by atoms with Crippen molar-refractivity contribution in [2.45, 2.75) is 61.5 Å². The summed E-state index contributed by atoms with van der Waals surface area (Å²) < 4.78 is 46.9. The number of esters is 1. The molecule has 5 atom stereocenters. The minimum atomic E-state index is -1.04. The molecular formula is C53H53ClIN3O13. The zero-order valence-corrected chi connectivity index (χ0v) is 42.5. The topological polar surface area (TPSA) is 191 Å². The molecular weight excluding hydrogens is 1050 g/mol. The molecule has 2 aliphatic rings. The van der Waals surface area contributed by atoms with Gasteiger partial charge in [0.05, 0.1) is 47.0 Å². The number of methoxy groups -OCH3 is 4. The smallest absolute Gasteiger partial charge is 0.306 e. The fraction of sp³-hybridized carbons (Fsp3) is 0.321. The zero-order valence-electron chi connectivity index (χ0n) is 39.6. The summed E-state index contributed by atoms with van der Waals surface area (Å²) in [7, 11) is 6.18.